The zero-order valence-corrected chi connectivity index (χ0v) is 17.3. The minimum absolute atomic E-state index is 0.0612. The molecule has 1 fully saturated rings. The Morgan fingerprint density at radius 1 is 1.18 bits per heavy atom. The number of nitrogens with zero attached hydrogens (tertiary/aromatic N) is 1. The first-order valence-electron chi connectivity index (χ1n) is 8.85. The van der Waals surface area contributed by atoms with E-state index in [1.54, 1.807) is 6.07 Å². The average molecular weight is 443 g/mol. The Bertz CT molecular complexity index is 984. The van der Waals surface area contributed by atoms with Crippen LogP contribution in [0.1, 0.15) is 18.4 Å². The van der Waals surface area contributed by atoms with Crippen LogP contribution in [0, 0.1) is 5.92 Å². The third-order valence-corrected chi connectivity index (χ3v) is 8.47. The van der Waals surface area contributed by atoms with Crippen molar-refractivity contribution in [2.24, 2.45) is 5.92 Å². The van der Waals surface area contributed by atoms with E-state index in [-0.39, 0.29) is 22.8 Å². The summed E-state index contributed by atoms with van der Waals surface area (Å²) >= 11 is 6.90. The molecular formula is C18H19ClN2O5S2. The highest BCUT2D eigenvalue weighted by Gasteiger charge is 2.32. The molecule has 1 N–H and O–H groups in total. The summed E-state index contributed by atoms with van der Waals surface area (Å²) in [4.78, 5) is 12.5. The number of nitrogens with one attached hydrogen (secondary N) is 1. The second kappa shape index (κ2) is 7.90. The van der Waals surface area contributed by atoms with Crippen molar-refractivity contribution in [3.63, 3.8) is 0 Å². The van der Waals surface area contributed by atoms with Crippen molar-refractivity contribution in [2.75, 3.05) is 19.9 Å². The predicted molar refractivity (Wildman–Crippen MR) is 105 cm³/mol. The third-order valence-electron chi connectivity index (χ3n) is 4.87. The molecule has 0 unspecified atom stereocenters. The van der Waals surface area contributed by atoms with Crippen LogP contribution < -0.4 is 14.8 Å². The van der Waals surface area contributed by atoms with Crippen molar-refractivity contribution in [2.45, 2.75) is 23.6 Å². The number of piperidine rings is 1. The summed E-state index contributed by atoms with van der Waals surface area (Å²) in [6.45, 7) is 1.24. The van der Waals surface area contributed by atoms with E-state index < -0.39 is 10.0 Å². The second-order valence-electron chi connectivity index (χ2n) is 6.64. The molecule has 1 aromatic heterocycles. The fourth-order valence-corrected chi connectivity index (χ4v) is 6.41. The highest BCUT2D eigenvalue weighted by atomic mass is 35.5. The van der Waals surface area contributed by atoms with Gasteiger partial charge in [-0.25, -0.2) is 8.42 Å². The van der Waals surface area contributed by atoms with Crippen LogP contribution in [-0.4, -0.2) is 38.5 Å². The predicted octanol–water partition coefficient (Wildman–Crippen LogP) is 2.85. The number of thiophene rings is 1. The Morgan fingerprint density at radius 2 is 1.93 bits per heavy atom. The number of carbonyl (C=O) groups is 1. The molecule has 2 aliphatic rings. The molecule has 2 aliphatic heterocycles. The average Bonchev–Trinajstić information content (AvgIpc) is 3.34. The Kier molecular flexibility index (Phi) is 5.50. The third kappa shape index (κ3) is 3.98. The lowest BCUT2D eigenvalue weighted by molar-refractivity contribution is -0.126. The van der Waals surface area contributed by atoms with Gasteiger partial charge >= 0.3 is 0 Å². The number of amides is 1. The van der Waals surface area contributed by atoms with Crippen molar-refractivity contribution >= 4 is 38.9 Å². The normalized spacial score (nSPS) is 17.6. The molecule has 0 saturated carbocycles. The maximum Gasteiger partial charge on any atom is 0.252 e. The molecular weight excluding hydrogens is 424 g/mol. The van der Waals surface area contributed by atoms with Gasteiger partial charge in [0, 0.05) is 25.6 Å². The van der Waals surface area contributed by atoms with Crippen molar-refractivity contribution in [1.29, 1.82) is 0 Å². The fraction of sp³-hybridized carbons (Fsp3) is 0.389. The first-order chi connectivity index (χ1) is 13.4. The smallest absolute Gasteiger partial charge is 0.252 e. The SMILES string of the molecule is O=C(NCc1ccc2c(c1)OCO2)C1CCN(S(=O)(=O)c2ccc(Cl)s2)CC1. The molecule has 0 aliphatic carbocycles. The zero-order valence-electron chi connectivity index (χ0n) is 14.9. The standard InChI is InChI=1S/C18H19ClN2O5S2/c19-16-3-4-17(27-16)28(23,24)21-7-5-13(6-8-21)18(22)20-10-12-1-2-14-15(9-12)26-11-25-14/h1-4,9,13H,5-8,10-11H2,(H,20,22). The molecule has 3 heterocycles. The monoisotopic (exact) mass is 442 g/mol. The highest BCUT2D eigenvalue weighted by molar-refractivity contribution is 7.91. The summed E-state index contributed by atoms with van der Waals surface area (Å²) in [6, 6.07) is 8.66. The molecule has 0 atom stereocenters. The lowest BCUT2D eigenvalue weighted by atomic mass is 9.97. The number of sulfonamides is 1. The second-order valence-corrected chi connectivity index (χ2v) is 10.5. The molecule has 7 nitrogen and oxygen atoms in total. The topological polar surface area (TPSA) is 84.9 Å². The van der Waals surface area contributed by atoms with Crippen molar-refractivity contribution in [3.05, 3.63) is 40.2 Å². The van der Waals surface area contributed by atoms with Crippen molar-refractivity contribution < 1.29 is 22.7 Å². The van der Waals surface area contributed by atoms with Gasteiger partial charge in [0.15, 0.2) is 11.5 Å². The number of fused-ring (bicyclic) bond motifs is 1. The van der Waals surface area contributed by atoms with E-state index in [1.807, 2.05) is 18.2 Å². The van der Waals surface area contributed by atoms with Gasteiger partial charge < -0.3 is 14.8 Å². The minimum atomic E-state index is -3.54. The molecule has 2 aromatic rings. The van der Waals surface area contributed by atoms with Crippen LogP contribution in [0.4, 0.5) is 0 Å². The fourth-order valence-electron chi connectivity index (χ4n) is 3.31. The zero-order chi connectivity index (χ0) is 19.7. The highest BCUT2D eigenvalue weighted by Crippen LogP contribution is 2.33. The molecule has 28 heavy (non-hydrogen) atoms. The Morgan fingerprint density at radius 3 is 2.64 bits per heavy atom. The van der Waals surface area contributed by atoms with E-state index in [9.17, 15) is 13.2 Å². The summed E-state index contributed by atoms with van der Waals surface area (Å²) in [6.07, 6.45) is 0.983. The summed E-state index contributed by atoms with van der Waals surface area (Å²) in [5.74, 6) is 1.12. The molecule has 0 bridgehead atoms. The van der Waals surface area contributed by atoms with Gasteiger partial charge in [-0.2, -0.15) is 4.31 Å². The van der Waals surface area contributed by atoms with Crippen LogP contribution in [0.25, 0.3) is 0 Å². The number of halogens is 1. The van der Waals surface area contributed by atoms with Gasteiger partial charge in [0.05, 0.1) is 4.34 Å². The number of hydrogen-bond acceptors (Lipinski definition) is 6. The quantitative estimate of drug-likeness (QED) is 0.769. The van der Waals surface area contributed by atoms with Crippen LogP contribution >= 0.6 is 22.9 Å². The van der Waals surface area contributed by atoms with E-state index in [4.69, 9.17) is 21.1 Å². The van der Waals surface area contributed by atoms with Gasteiger partial charge in [-0.1, -0.05) is 17.7 Å². The molecule has 150 valence electrons. The first kappa shape index (κ1) is 19.5. The van der Waals surface area contributed by atoms with Crippen molar-refractivity contribution in [3.8, 4) is 11.5 Å². The van der Waals surface area contributed by atoms with E-state index in [0.29, 0.717) is 48.3 Å². The van der Waals surface area contributed by atoms with E-state index in [0.717, 1.165) is 16.9 Å². The molecule has 10 heteroatoms. The molecule has 4 rings (SSSR count). The first-order valence-corrected chi connectivity index (χ1v) is 11.5. The lowest BCUT2D eigenvalue weighted by Gasteiger charge is -2.30. The number of rotatable bonds is 5. The number of ether oxygens (including phenoxy) is 2. The number of hydrogen-bond donors (Lipinski definition) is 1. The van der Waals surface area contributed by atoms with Gasteiger partial charge in [0.2, 0.25) is 12.7 Å². The molecule has 0 spiro atoms. The van der Waals surface area contributed by atoms with Crippen LogP contribution in [0.2, 0.25) is 4.34 Å². The number of benzene rings is 1. The minimum Gasteiger partial charge on any atom is -0.454 e. The maximum atomic E-state index is 12.6. The summed E-state index contributed by atoms with van der Waals surface area (Å²) in [5, 5.41) is 2.93. The molecule has 1 amide bonds. The Labute approximate surface area is 172 Å². The molecule has 1 aromatic carbocycles. The van der Waals surface area contributed by atoms with Crippen LogP contribution in [0.5, 0.6) is 11.5 Å². The molecule has 1 saturated heterocycles. The van der Waals surface area contributed by atoms with Crippen LogP contribution in [0.3, 0.4) is 0 Å². The van der Waals surface area contributed by atoms with E-state index in [2.05, 4.69) is 5.32 Å². The van der Waals surface area contributed by atoms with E-state index >= 15 is 0 Å². The Balaban J connectivity index is 1.30. The van der Waals surface area contributed by atoms with E-state index in [1.165, 1.54) is 10.4 Å². The van der Waals surface area contributed by atoms with Gasteiger partial charge in [-0.3, -0.25) is 4.79 Å². The van der Waals surface area contributed by atoms with Gasteiger partial charge in [-0.05, 0) is 42.7 Å². The largest absolute Gasteiger partial charge is 0.454 e. The summed E-state index contributed by atoms with van der Waals surface area (Å²) in [7, 11) is -3.54. The summed E-state index contributed by atoms with van der Waals surface area (Å²) < 4.78 is 38.0. The maximum absolute atomic E-state index is 12.6. The van der Waals surface area contributed by atoms with Crippen molar-refractivity contribution in [1.82, 2.24) is 9.62 Å². The Hall–Kier alpha value is -1.81. The van der Waals surface area contributed by atoms with Gasteiger partial charge in [0.25, 0.3) is 10.0 Å². The lowest BCUT2D eigenvalue weighted by Crippen LogP contribution is -2.42. The van der Waals surface area contributed by atoms with Gasteiger partial charge in [0.1, 0.15) is 4.21 Å². The van der Waals surface area contributed by atoms with Crippen LogP contribution in [0.15, 0.2) is 34.5 Å². The molecule has 0 radical (unpaired) electrons. The number of carbonyl (C=O) groups excluding carboxylic acids is 1. The summed E-state index contributed by atoms with van der Waals surface area (Å²) in [5.41, 5.74) is 0.923. The van der Waals surface area contributed by atoms with Gasteiger partial charge in [-0.15, -0.1) is 11.3 Å². The van der Waals surface area contributed by atoms with Crippen LogP contribution in [-0.2, 0) is 21.4 Å².